The van der Waals surface area contributed by atoms with Crippen LogP contribution in [0.1, 0.15) is 72.7 Å². The number of imidazole rings is 1. The van der Waals surface area contributed by atoms with Crippen molar-refractivity contribution in [2.45, 2.75) is 56.7 Å². The van der Waals surface area contributed by atoms with E-state index in [4.69, 9.17) is 39.8 Å². The van der Waals surface area contributed by atoms with Gasteiger partial charge >= 0.3 is 0 Å². The number of pyridine rings is 2. The predicted octanol–water partition coefficient (Wildman–Crippen LogP) is 9.99. The number of nitrogens with one attached hydrogen (secondary N) is 2. The van der Waals surface area contributed by atoms with Gasteiger partial charge in [0.1, 0.15) is 27.5 Å². The Bertz CT molecular complexity index is 2140. The lowest BCUT2D eigenvalue weighted by molar-refractivity contribution is -0.119. The Labute approximate surface area is 311 Å². The van der Waals surface area contributed by atoms with Crippen LogP contribution in [0.4, 0.5) is 5.69 Å². The minimum atomic E-state index is 0.170. The Morgan fingerprint density at radius 1 is 0.647 bits per heavy atom. The topological polar surface area (TPSA) is 97.1 Å². The normalized spacial score (nSPS) is 18.9. The number of halogens is 3. The van der Waals surface area contributed by atoms with E-state index < -0.39 is 0 Å². The van der Waals surface area contributed by atoms with E-state index >= 15 is 0 Å². The molecule has 6 aromatic rings. The third-order valence-corrected chi connectivity index (χ3v) is 9.86. The van der Waals surface area contributed by atoms with E-state index in [1.165, 1.54) is 16.7 Å². The van der Waals surface area contributed by atoms with Crippen LogP contribution in [0.3, 0.4) is 0 Å². The number of carbonyl (C=O) groups is 1. The molecule has 9 rings (SSSR count). The van der Waals surface area contributed by atoms with E-state index in [-0.39, 0.29) is 18.0 Å². The third kappa shape index (κ3) is 8.42. The first kappa shape index (κ1) is 34.7. The highest BCUT2D eigenvalue weighted by atomic mass is 35.5. The summed E-state index contributed by atoms with van der Waals surface area (Å²) in [5.41, 5.74) is 6.33. The predicted molar refractivity (Wildman–Crippen MR) is 206 cm³/mol. The Morgan fingerprint density at radius 2 is 1.29 bits per heavy atom. The molecule has 3 aliphatic heterocycles. The van der Waals surface area contributed by atoms with Crippen LogP contribution in [0, 0.1) is 0 Å². The van der Waals surface area contributed by atoms with Crippen molar-refractivity contribution in [3.8, 4) is 0 Å². The van der Waals surface area contributed by atoms with Crippen molar-refractivity contribution in [3.05, 3.63) is 153 Å². The standard InChI is InChI=1S/C15H13Cl2N3.C15H12ClN3.C10H11NO/c16-13-8-6-12(15(17)20-13)19-14-9-7-11(18-14)10-4-2-1-3-5-10;16-13-8-6-11-15(18-13)19-12(7-9-14(19)17-11)10-4-2-1-3-5-10;12-10-7-6-9(11-10)8-4-2-1-3-5-8/h1-6,8,11H,7,9H2,(H,18,19);1-6,8,12H,7,9H2;1-5,9H,6-7H2,(H,11,12)/t11-;12-;9-/m111/s1. The van der Waals surface area contributed by atoms with Crippen LogP contribution in [0.15, 0.2) is 120 Å². The number of nitrogens with zero attached hydrogens (tertiary/aromatic N) is 5. The highest BCUT2D eigenvalue weighted by Crippen LogP contribution is 2.35. The number of fused-ring (bicyclic) bond motifs is 3. The van der Waals surface area contributed by atoms with E-state index in [1.807, 2.05) is 54.6 Å². The largest absolute Gasteiger partial charge is 0.349 e. The summed E-state index contributed by atoms with van der Waals surface area (Å²) in [6, 6.07) is 39.0. The lowest BCUT2D eigenvalue weighted by Crippen LogP contribution is -2.17. The molecule has 1 amide bonds. The molecule has 8 nitrogen and oxygen atoms in total. The monoisotopic (exact) mass is 735 g/mol. The molecule has 0 radical (unpaired) electrons. The fraction of sp³-hybridized carbons (Fsp3) is 0.225. The molecule has 0 aliphatic carbocycles. The number of hydrogen-bond donors (Lipinski definition) is 2. The van der Waals surface area contributed by atoms with Crippen LogP contribution in [0.2, 0.25) is 15.5 Å². The maximum absolute atomic E-state index is 10.9. The number of aryl methyl sites for hydroxylation is 1. The molecular formula is C40H36Cl3N7O. The first-order chi connectivity index (χ1) is 24.9. The molecule has 0 saturated carbocycles. The van der Waals surface area contributed by atoms with Gasteiger partial charge in [-0.15, -0.1) is 0 Å². The number of amidine groups is 1. The number of carbonyl (C=O) groups excluding carboxylic acids is 1. The van der Waals surface area contributed by atoms with Crippen LogP contribution in [-0.4, -0.2) is 31.3 Å². The number of aliphatic imine (C=N–C) groups is 1. The smallest absolute Gasteiger partial charge is 0.220 e. The zero-order chi connectivity index (χ0) is 35.2. The summed E-state index contributed by atoms with van der Waals surface area (Å²) in [6.07, 6.45) is 5.58. The van der Waals surface area contributed by atoms with E-state index in [0.717, 1.165) is 60.6 Å². The van der Waals surface area contributed by atoms with Gasteiger partial charge in [-0.25, -0.2) is 15.0 Å². The molecule has 1 fully saturated rings. The molecule has 2 N–H and O–H groups in total. The highest BCUT2D eigenvalue weighted by Gasteiger charge is 2.28. The van der Waals surface area contributed by atoms with Gasteiger partial charge in [0.15, 0.2) is 10.8 Å². The van der Waals surface area contributed by atoms with E-state index in [9.17, 15) is 4.79 Å². The summed E-state index contributed by atoms with van der Waals surface area (Å²) in [5, 5.41) is 7.44. The number of anilines is 1. The average Bonchev–Trinajstić information content (AvgIpc) is 3.97. The van der Waals surface area contributed by atoms with Crippen LogP contribution in [-0.2, 0) is 11.2 Å². The van der Waals surface area contributed by atoms with Gasteiger partial charge in [-0.2, -0.15) is 0 Å². The number of rotatable bonds is 4. The zero-order valence-corrected chi connectivity index (χ0v) is 30.0. The maximum Gasteiger partial charge on any atom is 0.220 e. The minimum Gasteiger partial charge on any atom is -0.349 e. The van der Waals surface area contributed by atoms with Crippen molar-refractivity contribution in [2.24, 2.45) is 4.99 Å². The molecule has 51 heavy (non-hydrogen) atoms. The molecule has 6 heterocycles. The number of hydrogen-bond acceptors (Lipinski definition) is 6. The fourth-order valence-electron chi connectivity index (χ4n) is 6.70. The number of benzene rings is 3. The maximum atomic E-state index is 10.9. The molecule has 3 atom stereocenters. The lowest BCUT2D eigenvalue weighted by atomic mass is 10.0. The van der Waals surface area contributed by atoms with Crippen molar-refractivity contribution in [1.29, 1.82) is 0 Å². The van der Waals surface area contributed by atoms with Gasteiger partial charge in [-0.1, -0.05) is 126 Å². The van der Waals surface area contributed by atoms with E-state index in [1.54, 1.807) is 12.1 Å². The second-order valence-corrected chi connectivity index (χ2v) is 13.7. The van der Waals surface area contributed by atoms with Gasteiger partial charge in [-0.3, -0.25) is 9.79 Å². The van der Waals surface area contributed by atoms with Crippen LogP contribution < -0.4 is 10.6 Å². The Balaban J connectivity index is 0.000000123. The zero-order valence-electron chi connectivity index (χ0n) is 27.7. The van der Waals surface area contributed by atoms with E-state index in [2.05, 4.69) is 78.7 Å². The summed E-state index contributed by atoms with van der Waals surface area (Å²) in [5.74, 6) is 2.22. The van der Waals surface area contributed by atoms with Gasteiger partial charge in [0.05, 0.1) is 23.8 Å². The quantitative estimate of drug-likeness (QED) is 0.176. The summed E-state index contributed by atoms with van der Waals surface area (Å²) < 4.78 is 2.23. The van der Waals surface area contributed by atoms with Crippen molar-refractivity contribution in [1.82, 2.24) is 24.8 Å². The summed E-state index contributed by atoms with van der Waals surface area (Å²) >= 11 is 17.9. The van der Waals surface area contributed by atoms with Gasteiger partial charge in [0, 0.05) is 19.3 Å². The summed E-state index contributed by atoms with van der Waals surface area (Å²) in [4.78, 5) is 28.7. The molecule has 258 valence electrons. The summed E-state index contributed by atoms with van der Waals surface area (Å²) in [7, 11) is 0. The highest BCUT2D eigenvalue weighted by molar-refractivity contribution is 6.34. The number of aromatic nitrogens is 4. The molecule has 3 aromatic carbocycles. The molecular weight excluding hydrogens is 701 g/mol. The first-order valence-corrected chi connectivity index (χ1v) is 18.2. The van der Waals surface area contributed by atoms with Gasteiger partial charge in [-0.05, 0) is 60.2 Å². The number of amides is 1. The van der Waals surface area contributed by atoms with Crippen LogP contribution >= 0.6 is 34.8 Å². The van der Waals surface area contributed by atoms with Gasteiger partial charge in [0.25, 0.3) is 0 Å². The molecule has 0 spiro atoms. The first-order valence-electron chi connectivity index (χ1n) is 17.0. The Morgan fingerprint density at radius 3 is 1.96 bits per heavy atom. The Kier molecular flexibility index (Phi) is 10.9. The SMILES string of the molecule is Clc1ccc(NC2=N[C@@H](c3ccccc3)CC2)c(Cl)n1.Clc1ccc2nc3n(c2n1)[C@@H](c1ccccc1)CC3.O=C1CC[C@H](c2ccccc2)N1. The molecule has 3 aromatic heterocycles. The van der Waals surface area contributed by atoms with Crippen molar-refractivity contribution in [2.75, 3.05) is 5.32 Å². The second kappa shape index (κ2) is 16.1. The van der Waals surface area contributed by atoms with Crippen LogP contribution in [0.25, 0.3) is 11.2 Å². The summed E-state index contributed by atoms with van der Waals surface area (Å²) in [6.45, 7) is 0. The minimum absolute atomic E-state index is 0.170. The van der Waals surface area contributed by atoms with Crippen LogP contribution in [0.5, 0.6) is 0 Å². The molecule has 0 unspecified atom stereocenters. The second-order valence-electron chi connectivity index (χ2n) is 12.5. The van der Waals surface area contributed by atoms with Crippen molar-refractivity contribution >= 4 is 63.4 Å². The van der Waals surface area contributed by atoms with E-state index in [0.29, 0.717) is 27.9 Å². The van der Waals surface area contributed by atoms with Crippen molar-refractivity contribution < 1.29 is 4.79 Å². The lowest BCUT2D eigenvalue weighted by Gasteiger charge is -2.14. The van der Waals surface area contributed by atoms with Crippen molar-refractivity contribution in [3.63, 3.8) is 0 Å². The average molecular weight is 737 g/mol. The molecule has 11 heteroatoms. The fourth-order valence-corrected chi connectivity index (χ4v) is 7.23. The Hall–Kier alpha value is -4.76. The van der Waals surface area contributed by atoms with Gasteiger partial charge < -0.3 is 15.2 Å². The molecule has 0 bridgehead atoms. The third-order valence-electron chi connectivity index (χ3n) is 9.16. The van der Waals surface area contributed by atoms with Gasteiger partial charge in [0.2, 0.25) is 5.91 Å². The molecule has 3 aliphatic rings. The molecule has 1 saturated heterocycles.